The van der Waals surface area contributed by atoms with Gasteiger partial charge in [-0.2, -0.15) is 0 Å². The zero-order valence-electron chi connectivity index (χ0n) is 24.1. The molecule has 0 heterocycles. The Balaban J connectivity index is 4.14. The van der Waals surface area contributed by atoms with Gasteiger partial charge in [0.05, 0.1) is 0 Å². The predicted molar refractivity (Wildman–Crippen MR) is 155 cm³/mol. The molecule has 0 aromatic heterocycles. The number of allylic oxidation sites excluding steroid dienone is 9. The van der Waals surface area contributed by atoms with Crippen LogP contribution >= 0.6 is 0 Å². The summed E-state index contributed by atoms with van der Waals surface area (Å²) in [6.07, 6.45) is 7.93. The van der Waals surface area contributed by atoms with Crippen molar-refractivity contribution in [1.29, 1.82) is 0 Å². The van der Waals surface area contributed by atoms with Crippen molar-refractivity contribution >= 4 is 11.9 Å². The molecular formula is C33H49NO. The second kappa shape index (κ2) is 14.7. The van der Waals surface area contributed by atoms with Gasteiger partial charge in [0.15, 0.2) is 0 Å². The van der Waals surface area contributed by atoms with Crippen molar-refractivity contribution in [3.05, 3.63) is 87.4 Å². The van der Waals surface area contributed by atoms with Crippen LogP contribution in [0.25, 0.3) is 5.57 Å². The average Bonchev–Trinajstić information content (AvgIpc) is 2.81. The summed E-state index contributed by atoms with van der Waals surface area (Å²) in [5.41, 5.74) is 12.4. The topological polar surface area (TPSA) is 20.3 Å². The van der Waals surface area contributed by atoms with E-state index in [9.17, 15) is 4.79 Å². The van der Waals surface area contributed by atoms with Gasteiger partial charge in [0.1, 0.15) is 6.29 Å². The Morgan fingerprint density at radius 3 is 2.06 bits per heavy atom. The number of benzene rings is 1. The summed E-state index contributed by atoms with van der Waals surface area (Å²) in [4.78, 5) is 13.9. The van der Waals surface area contributed by atoms with Gasteiger partial charge in [0, 0.05) is 35.0 Å². The molecule has 0 bridgehead atoms. The maximum absolute atomic E-state index is 11.6. The molecule has 1 aromatic rings. The minimum absolute atomic E-state index is 0.117. The summed E-state index contributed by atoms with van der Waals surface area (Å²) in [6.45, 7) is 26.3. The van der Waals surface area contributed by atoms with Gasteiger partial charge in [-0.25, -0.2) is 0 Å². The summed E-state index contributed by atoms with van der Waals surface area (Å²) in [5.74, 6) is 0.117. The lowest BCUT2D eigenvalue weighted by Gasteiger charge is -2.36. The number of rotatable bonds is 13. The molecule has 0 aliphatic carbocycles. The molecular weight excluding hydrogens is 426 g/mol. The van der Waals surface area contributed by atoms with Gasteiger partial charge < -0.3 is 9.69 Å². The third-order valence-corrected chi connectivity index (χ3v) is 6.74. The summed E-state index contributed by atoms with van der Waals surface area (Å²) >= 11 is 0. The van der Waals surface area contributed by atoms with E-state index in [1.54, 1.807) is 0 Å². The first-order valence-electron chi connectivity index (χ1n) is 13.3. The number of carbonyl (C=O) groups is 1. The molecule has 0 fully saturated rings. The van der Waals surface area contributed by atoms with Crippen molar-refractivity contribution in [2.75, 3.05) is 0 Å². The molecule has 0 radical (unpaired) electrons. The maximum atomic E-state index is 11.6. The molecule has 0 saturated heterocycles. The number of nitrogens with zero attached hydrogens (tertiary/aromatic N) is 1. The maximum Gasteiger partial charge on any atom is 0.120 e. The van der Waals surface area contributed by atoms with Crippen LogP contribution in [0.3, 0.4) is 0 Å². The van der Waals surface area contributed by atoms with Gasteiger partial charge >= 0.3 is 0 Å². The highest BCUT2D eigenvalue weighted by molar-refractivity contribution is 5.84. The molecule has 0 aliphatic heterocycles. The molecule has 1 atom stereocenters. The molecule has 192 valence electrons. The third-order valence-electron chi connectivity index (χ3n) is 6.74. The van der Waals surface area contributed by atoms with Crippen molar-refractivity contribution in [1.82, 2.24) is 4.90 Å². The summed E-state index contributed by atoms with van der Waals surface area (Å²) in [5, 5.41) is 0. The van der Waals surface area contributed by atoms with E-state index in [1.807, 2.05) is 0 Å². The van der Waals surface area contributed by atoms with Crippen LogP contribution < -0.4 is 0 Å². The number of carbonyl (C=O) groups excluding carboxylic acids is 1. The lowest BCUT2D eigenvalue weighted by molar-refractivity contribution is -0.108. The Hall–Kier alpha value is -2.61. The fraction of sp³-hybridized carbons (Fsp3) is 0.485. The zero-order chi connectivity index (χ0) is 26.7. The first-order chi connectivity index (χ1) is 16.5. The van der Waals surface area contributed by atoms with Crippen LogP contribution in [0.1, 0.15) is 106 Å². The minimum Gasteiger partial charge on any atom is -0.322 e. The van der Waals surface area contributed by atoms with Crippen LogP contribution in [0, 0.1) is 12.8 Å². The van der Waals surface area contributed by atoms with Gasteiger partial charge in [-0.05, 0) is 77.5 Å². The quantitative estimate of drug-likeness (QED) is 0.209. The Labute approximate surface area is 216 Å². The molecule has 0 saturated carbocycles. The third kappa shape index (κ3) is 7.95. The lowest BCUT2D eigenvalue weighted by atomic mass is 9.87. The van der Waals surface area contributed by atoms with E-state index in [4.69, 9.17) is 0 Å². The summed E-state index contributed by atoms with van der Waals surface area (Å²) in [7, 11) is 0. The van der Waals surface area contributed by atoms with Crippen molar-refractivity contribution < 1.29 is 4.79 Å². The standard InChI is InChI=1S/C33H49NO/c1-12-15-29(14-3)33(26(9)21-22-35)34(24(6)7)28(11)32(27(10)23(4)5)31(16-13-2)30-19-17-25(8)18-20-30/h16-20,22,26H,6,12-15,21H2,1-5,7-11H3/b31-16-,32-28-,33-29-. The molecule has 2 heteroatoms. The molecule has 1 aromatic carbocycles. The van der Waals surface area contributed by atoms with Crippen molar-refractivity contribution in [2.45, 2.75) is 101 Å². The van der Waals surface area contributed by atoms with Crippen LogP contribution in [0.4, 0.5) is 0 Å². The van der Waals surface area contributed by atoms with Crippen LogP contribution in [0.2, 0.25) is 0 Å². The first-order valence-corrected chi connectivity index (χ1v) is 13.3. The molecule has 0 amide bonds. The van der Waals surface area contributed by atoms with Crippen molar-refractivity contribution in [2.24, 2.45) is 5.92 Å². The Morgan fingerprint density at radius 2 is 1.63 bits per heavy atom. The number of aryl methyl sites for hydroxylation is 1. The largest absolute Gasteiger partial charge is 0.322 e. The highest BCUT2D eigenvalue weighted by Crippen LogP contribution is 2.39. The molecule has 2 nitrogen and oxygen atoms in total. The molecule has 0 N–H and O–H groups in total. The Kier molecular flexibility index (Phi) is 12.8. The van der Waals surface area contributed by atoms with Gasteiger partial charge in [0.2, 0.25) is 0 Å². The molecule has 0 spiro atoms. The van der Waals surface area contributed by atoms with Crippen LogP contribution in [0.15, 0.2) is 76.3 Å². The van der Waals surface area contributed by atoms with E-state index >= 15 is 0 Å². The van der Waals surface area contributed by atoms with Gasteiger partial charge in [-0.1, -0.05) is 87.7 Å². The second-order valence-corrected chi connectivity index (χ2v) is 9.94. The van der Waals surface area contributed by atoms with Gasteiger partial charge in [-0.15, -0.1) is 0 Å². The fourth-order valence-corrected chi connectivity index (χ4v) is 4.77. The summed E-state index contributed by atoms with van der Waals surface area (Å²) < 4.78 is 0. The predicted octanol–water partition coefficient (Wildman–Crippen LogP) is 9.94. The average molecular weight is 476 g/mol. The summed E-state index contributed by atoms with van der Waals surface area (Å²) in [6, 6.07) is 8.84. The molecule has 0 aliphatic rings. The van der Waals surface area contributed by atoms with Crippen LogP contribution in [-0.2, 0) is 4.79 Å². The van der Waals surface area contributed by atoms with Crippen LogP contribution in [0.5, 0.6) is 0 Å². The number of hydrogen-bond donors (Lipinski definition) is 0. The van der Waals surface area contributed by atoms with E-state index in [-0.39, 0.29) is 5.92 Å². The van der Waals surface area contributed by atoms with E-state index in [0.29, 0.717) is 6.42 Å². The van der Waals surface area contributed by atoms with Crippen LogP contribution in [-0.4, -0.2) is 11.2 Å². The number of aldehydes is 1. The normalized spacial score (nSPS) is 14.1. The lowest BCUT2D eigenvalue weighted by Crippen LogP contribution is -2.27. The van der Waals surface area contributed by atoms with Crippen molar-refractivity contribution in [3.8, 4) is 0 Å². The van der Waals surface area contributed by atoms with E-state index < -0.39 is 0 Å². The van der Waals surface area contributed by atoms with Crippen molar-refractivity contribution in [3.63, 3.8) is 0 Å². The highest BCUT2D eigenvalue weighted by atomic mass is 16.1. The smallest absolute Gasteiger partial charge is 0.120 e. The van der Waals surface area contributed by atoms with E-state index in [1.165, 1.54) is 50.4 Å². The number of hydrogen-bond acceptors (Lipinski definition) is 2. The van der Waals surface area contributed by atoms with E-state index in [2.05, 4.69) is 111 Å². The molecule has 1 rings (SSSR count). The Bertz CT molecular complexity index is 994. The second-order valence-electron chi connectivity index (χ2n) is 9.94. The molecule has 35 heavy (non-hydrogen) atoms. The zero-order valence-corrected chi connectivity index (χ0v) is 24.1. The minimum atomic E-state index is 0.117. The SMILES string of the molecule is C=C(C)N(/C(=C(/CC)CCC)C(C)CC=O)/C(C)=C(C(C)=C(C)C)\C(=C/CC)c1ccc(C)cc1. The van der Waals surface area contributed by atoms with Gasteiger partial charge in [-0.3, -0.25) is 0 Å². The van der Waals surface area contributed by atoms with Gasteiger partial charge in [0.25, 0.3) is 0 Å². The fourth-order valence-electron chi connectivity index (χ4n) is 4.77. The van der Waals surface area contributed by atoms with E-state index in [0.717, 1.165) is 37.7 Å². The monoisotopic (exact) mass is 475 g/mol. The molecule has 1 unspecified atom stereocenters. The first kappa shape index (κ1) is 30.4. The highest BCUT2D eigenvalue weighted by Gasteiger charge is 2.25. The Morgan fingerprint density at radius 1 is 1.03 bits per heavy atom.